The van der Waals surface area contributed by atoms with Crippen molar-refractivity contribution in [2.75, 3.05) is 18.5 Å². The number of aromatic nitrogens is 2. The Morgan fingerprint density at radius 3 is 3.13 bits per heavy atom. The van der Waals surface area contributed by atoms with Crippen molar-refractivity contribution in [3.8, 4) is 0 Å². The topological polar surface area (TPSA) is 76.1 Å². The van der Waals surface area contributed by atoms with Gasteiger partial charge in [0.15, 0.2) is 5.13 Å². The van der Waals surface area contributed by atoms with Crippen molar-refractivity contribution >= 4 is 22.4 Å². The van der Waals surface area contributed by atoms with E-state index in [9.17, 15) is 4.79 Å². The summed E-state index contributed by atoms with van der Waals surface area (Å²) in [6.07, 6.45) is 4.16. The third-order valence-electron chi connectivity index (χ3n) is 3.66. The summed E-state index contributed by atoms with van der Waals surface area (Å²) in [5.74, 6) is -0.115. The van der Waals surface area contributed by atoms with Gasteiger partial charge in [0.2, 0.25) is 0 Å². The Morgan fingerprint density at radius 2 is 2.39 bits per heavy atom. The largest absolute Gasteiger partial charge is 0.376 e. The van der Waals surface area contributed by atoms with E-state index in [0.29, 0.717) is 11.4 Å². The lowest BCUT2D eigenvalue weighted by molar-refractivity contribution is 0.0953. The summed E-state index contributed by atoms with van der Waals surface area (Å²) in [4.78, 5) is 21.5. The summed E-state index contributed by atoms with van der Waals surface area (Å²) in [5, 5.41) is 6.91. The summed E-state index contributed by atoms with van der Waals surface area (Å²) in [7, 11) is 0. The number of hydrogen-bond acceptors (Lipinski definition) is 6. The minimum absolute atomic E-state index is 0.115. The maximum atomic E-state index is 12.3. The van der Waals surface area contributed by atoms with E-state index < -0.39 is 0 Å². The highest BCUT2D eigenvalue weighted by molar-refractivity contribution is 7.17. The van der Waals surface area contributed by atoms with Crippen LogP contribution in [0.25, 0.3) is 0 Å². The van der Waals surface area contributed by atoms with Crippen LogP contribution in [0, 0.1) is 6.92 Å². The molecule has 1 unspecified atom stereocenters. The molecule has 23 heavy (non-hydrogen) atoms. The number of aryl methyl sites for hydroxylation is 1. The molecular weight excluding hydrogens is 312 g/mol. The zero-order valence-corrected chi connectivity index (χ0v) is 13.9. The van der Waals surface area contributed by atoms with Crippen molar-refractivity contribution in [3.05, 3.63) is 40.7 Å². The van der Waals surface area contributed by atoms with E-state index in [1.165, 1.54) is 11.3 Å². The molecule has 0 bridgehead atoms. The molecule has 0 spiro atoms. The molecule has 3 heterocycles. The summed E-state index contributed by atoms with van der Waals surface area (Å²) in [5.41, 5.74) is 1.57. The van der Waals surface area contributed by atoms with Gasteiger partial charge in [0, 0.05) is 19.3 Å². The Bertz CT molecular complexity index is 653. The molecule has 2 aromatic rings. The van der Waals surface area contributed by atoms with Crippen molar-refractivity contribution in [2.45, 2.75) is 32.4 Å². The number of carbonyl (C=O) groups excluding carboxylic acids is 1. The maximum Gasteiger partial charge on any atom is 0.263 e. The van der Waals surface area contributed by atoms with Gasteiger partial charge in [-0.3, -0.25) is 9.78 Å². The minimum atomic E-state index is -0.115. The minimum Gasteiger partial charge on any atom is -0.376 e. The van der Waals surface area contributed by atoms with E-state index >= 15 is 0 Å². The van der Waals surface area contributed by atoms with Crippen LogP contribution < -0.4 is 10.6 Å². The quantitative estimate of drug-likeness (QED) is 0.849. The van der Waals surface area contributed by atoms with Crippen molar-refractivity contribution in [2.24, 2.45) is 0 Å². The highest BCUT2D eigenvalue weighted by Crippen LogP contribution is 2.23. The van der Waals surface area contributed by atoms with E-state index in [0.717, 1.165) is 42.5 Å². The molecule has 122 valence electrons. The standard InChI is InChI=1S/C16H20N4O2S/c1-11-14(15(21)18-9-12-5-2-3-7-17-12)23-16(20-11)19-10-13-6-4-8-22-13/h2-3,5,7,13H,4,6,8-10H2,1H3,(H,18,21)(H,19,20). The number of carbonyl (C=O) groups is 1. The molecular formula is C16H20N4O2S. The molecule has 6 nitrogen and oxygen atoms in total. The maximum absolute atomic E-state index is 12.3. The van der Waals surface area contributed by atoms with Gasteiger partial charge < -0.3 is 15.4 Å². The number of hydrogen-bond donors (Lipinski definition) is 2. The van der Waals surface area contributed by atoms with E-state index in [1.807, 2.05) is 25.1 Å². The number of pyridine rings is 1. The van der Waals surface area contributed by atoms with Gasteiger partial charge in [0.05, 0.1) is 24.0 Å². The second-order valence-electron chi connectivity index (χ2n) is 5.45. The van der Waals surface area contributed by atoms with Crippen LogP contribution in [-0.4, -0.2) is 35.1 Å². The number of anilines is 1. The Balaban J connectivity index is 1.55. The van der Waals surface area contributed by atoms with E-state index in [2.05, 4.69) is 20.6 Å². The molecule has 2 N–H and O–H groups in total. The fraction of sp³-hybridized carbons (Fsp3) is 0.438. The van der Waals surface area contributed by atoms with Gasteiger partial charge in [0.1, 0.15) is 4.88 Å². The van der Waals surface area contributed by atoms with Crippen LogP contribution in [0.3, 0.4) is 0 Å². The summed E-state index contributed by atoms with van der Waals surface area (Å²) < 4.78 is 5.57. The monoisotopic (exact) mass is 332 g/mol. The highest BCUT2D eigenvalue weighted by Gasteiger charge is 2.18. The van der Waals surface area contributed by atoms with Gasteiger partial charge in [-0.15, -0.1) is 0 Å². The van der Waals surface area contributed by atoms with Crippen LogP contribution in [0.2, 0.25) is 0 Å². The predicted molar refractivity (Wildman–Crippen MR) is 89.7 cm³/mol. The molecule has 0 aromatic carbocycles. The molecule has 0 radical (unpaired) electrons. The number of thiazole rings is 1. The number of rotatable bonds is 6. The summed E-state index contributed by atoms with van der Waals surface area (Å²) in [6.45, 7) is 3.84. The smallest absolute Gasteiger partial charge is 0.263 e. The van der Waals surface area contributed by atoms with E-state index in [-0.39, 0.29) is 12.0 Å². The highest BCUT2D eigenvalue weighted by atomic mass is 32.1. The van der Waals surface area contributed by atoms with Gasteiger partial charge in [-0.2, -0.15) is 0 Å². The van der Waals surface area contributed by atoms with Crippen LogP contribution in [0.1, 0.15) is 33.9 Å². The fourth-order valence-electron chi connectivity index (χ4n) is 2.44. The van der Waals surface area contributed by atoms with Crippen molar-refractivity contribution < 1.29 is 9.53 Å². The average Bonchev–Trinajstić information content (AvgIpc) is 3.21. The summed E-state index contributed by atoms with van der Waals surface area (Å²) >= 11 is 1.38. The first-order valence-electron chi connectivity index (χ1n) is 7.73. The van der Waals surface area contributed by atoms with Crippen LogP contribution in [0.5, 0.6) is 0 Å². The third-order valence-corrected chi connectivity index (χ3v) is 4.78. The van der Waals surface area contributed by atoms with Crippen molar-refractivity contribution in [1.29, 1.82) is 0 Å². The Labute approximate surface area is 139 Å². The predicted octanol–water partition coefficient (Wildman–Crippen LogP) is 2.37. The molecule has 2 aromatic heterocycles. The van der Waals surface area contributed by atoms with E-state index in [4.69, 9.17) is 4.74 Å². The number of nitrogens with zero attached hydrogens (tertiary/aromatic N) is 2. The van der Waals surface area contributed by atoms with Gasteiger partial charge in [-0.1, -0.05) is 17.4 Å². The van der Waals surface area contributed by atoms with Gasteiger partial charge in [0.25, 0.3) is 5.91 Å². The number of amides is 1. The molecule has 3 rings (SSSR count). The molecule has 1 amide bonds. The zero-order chi connectivity index (χ0) is 16.1. The van der Waals surface area contributed by atoms with Crippen molar-refractivity contribution in [3.63, 3.8) is 0 Å². The second kappa shape index (κ2) is 7.52. The van der Waals surface area contributed by atoms with Crippen LogP contribution in [0.15, 0.2) is 24.4 Å². The van der Waals surface area contributed by atoms with Gasteiger partial charge in [-0.25, -0.2) is 4.98 Å². The average molecular weight is 332 g/mol. The third kappa shape index (κ3) is 4.27. The Kier molecular flexibility index (Phi) is 5.19. The SMILES string of the molecule is Cc1nc(NCC2CCCO2)sc1C(=O)NCc1ccccn1. The molecule has 1 fully saturated rings. The molecule has 1 saturated heterocycles. The molecule has 0 saturated carbocycles. The van der Waals surface area contributed by atoms with Crippen LogP contribution >= 0.6 is 11.3 Å². The second-order valence-corrected chi connectivity index (χ2v) is 6.45. The lowest BCUT2D eigenvalue weighted by atomic mass is 10.2. The molecule has 1 aliphatic rings. The zero-order valence-electron chi connectivity index (χ0n) is 13.0. The first-order valence-corrected chi connectivity index (χ1v) is 8.55. The molecule has 7 heteroatoms. The molecule has 1 aliphatic heterocycles. The normalized spacial score (nSPS) is 17.2. The lowest BCUT2D eigenvalue weighted by Crippen LogP contribution is -2.23. The Hall–Kier alpha value is -1.99. The van der Waals surface area contributed by atoms with Gasteiger partial charge in [-0.05, 0) is 31.9 Å². The molecule has 0 aliphatic carbocycles. The lowest BCUT2D eigenvalue weighted by Gasteiger charge is -2.09. The Morgan fingerprint density at radius 1 is 1.48 bits per heavy atom. The molecule has 1 atom stereocenters. The fourth-order valence-corrected chi connectivity index (χ4v) is 3.33. The first-order chi connectivity index (χ1) is 11.2. The number of ether oxygens (including phenoxy) is 1. The first kappa shape index (κ1) is 15.9. The van der Waals surface area contributed by atoms with Crippen molar-refractivity contribution in [1.82, 2.24) is 15.3 Å². The van der Waals surface area contributed by atoms with Crippen LogP contribution in [0.4, 0.5) is 5.13 Å². The van der Waals surface area contributed by atoms with Gasteiger partial charge >= 0.3 is 0 Å². The number of nitrogens with one attached hydrogen (secondary N) is 2. The van der Waals surface area contributed by atoms with Crippen LogP contribution in [-0.2, 0) is 11.3 Å². The summed E-state index contributed by atoms with van der Waals surface area (Å²) in [6, 6.07) is 5.64. The van der Waals surface area contributed by atoms with E-state index in [1.54, 1.807) is 6.20 Å².